The Morgan fingerprint density at radius 2 is 2.20 bits per heavy atom. The van der Waals surface area contributed by atoms with Crippen LogP contribution in [0.5, 0.6) is 0 Å². The van der Waals surface area contributed by atoms with Crippen LogP contribution in [0.15, 0.2) is 17.5 Å². The van der Waals surface area contributed by atoms with E-state index < -0.39 is 12.0 Å². The van der Waals surface area contributed by atoms with Crippen LogP contribution in [0.4, 0.5) is 4.79 Å². The van der Waals surface area contributed by atoms with Crippen molar-refractivity contribution in [1.82, 2.24) is 10.2 Å². The molecule has 0 aliphatic carbocycles. The van der Waals surface area contributed by atoms with E-state index in [4.69, 9.17) is 5.11 Å². The fraction of sp³-hybridized carbons (Fsp3) is 0.571. The van der Waals surface area contributed by atoms with Gasteiger partial charge in [0.2, 0.25) is 0 Å². The van der Waals surface area contributed by atoms with Crippen LogP contribution >= 0.6 is 11.3 Å². The third-order valence-corrected chi connectivity index (χ3v) is 4.31. The van der Waals surface area contributed by atoms with Crippen molar-refractivity contribution in [3.8, 4) is 0 Å². The monoisotopic (exact) mass is 298 g/mol. The van der Waals surface area contributed by atoms with Crippen LogP contribution < -0.4 is 5.32 Å². The first-order valence-corrected chi connectivity index (χ1v) is 7.60. The van der Waals surface area contributed by atoms with Gasteiger partial charge in [-0.1, -0.05) is 26.3 Å². The Morgan fingerprint density at radius 3 is 2.70 bits per heavy atom. The molecule has 0 aliphatic heterocycles. The van der Waals surface area contributed by atoms with Crippen LogP contribution in [0.3, 0.4) is 0 Å². The molecule has 5 nitrogen and oxygen atoms in total. The van der Waals surface area contributed by atoms with Gasteiger partial charge in [-0.05, 0) is 23.8 Å². The molecule has 0 aromatic carbocycles. The van der Waals surface area contributed by atoms with Gasteiger partial charge in [-0.2, -0.15) is 0 Å². The Morgan fingerprint density at radius 1 is 1.50 bits per heavy atom. The second-order valence-corrected chi connectivity index (χ2v) is 5.93. The Kier molecular flexibility index (Phi) is 6.51. The second-order valence-electron chi connectivity index (χ2n) is 4.90. The highest BCUT2D eigenvalue weighted by Crippen LogP contribution is 2.10. The molecular weight excluding hydrogens is 276 g/mol. The molecule has 20 heavy (non-hydrogen) atoms. The Bertz CT molecular complexity index is 434. The van der Waals surface area contributed by atoms with E-state index in [1.807, 2.05) is 31.4 Å². The standard InChI is InChI=1S/C14H22N2O3S/c1-4-10(2)12(13(17)18)15-14(19)16(3)8-7-11-6-5-9-20-11/h5-6,9-10,12H,4,7-8H2,1-3H3,(H,15,19)(H,17,18)/t10?,12-/m0/s1. The molecule has 0 aliphatic rings. The van der Waals surface area contributed by atoms with Gasteiger partial charge in [0, 0.05) is 18.5 Å². The number of aliphatic carboxylic acids is 1. The number of rotatable bonds is 7. The highest BCUT2D eigenvalue weighted by atomic mass is 32.1. The zero-order chi connectivity index (χ0) is 15.1. The van der Waals surface area contributed by atoms with Gasteiger partial charge in [0.1, 0.15) is 6.04 Å². The number of hydrogen-bond donors (Lipinski definition) is 2. The number of carboxylic acid groups (broad SMARTS) is 1. The molecule has 112 valence electrons. The maximum atomic E-state index is 12.0. The van der Waals surface area contributed by atoms with E-state index in [1.54, 1.807) is 18.4 Å². The first-order chi connectivity index (χ1) is 9.45. The largest absolute Gasteiger partial charge is 0.480 e. The molecule has 2 amide bonds. The number of hydrogen-bond acceptors (Lipinski definition) is 3. The molecule has 1 unspecified atom stereocenters. The molecule has 1 aromatic rings. The summed E-state index contributed by atoms with van der Waals surface area (Å²) in [7, 11) is 1.68. The molecular formula is C14H22N2O3S. The predicted molar refractivity (Wildman–Crippen MR) is 80.1 cm³/mol. The van der Waals surface area contributed by atoms with E-state index in [1.165, 1.54) is 9.78 Å². The van der Waals surface area contributed by atoms with Gasteiger partial charge >= 0.3 is 12.0 Å². The average Bonchev–Trinajstić information content (AvgIpc) is 2.93. The average molecular weight is 298 g/mol. The molecule has 0 fully saturated rings. The Hall–Kier alpha value is -1.56. The molecule has 0 radical (unpaired) electrons. The quantitative estimate of drug-likeness (QED) is 0.812. The number of carbonyl (C=O) groups is 2. The molecule has 6 heteroatoms. The fourth-order valence-corrected chi connectivity index (χ4v) is 2.46. The van der Waals surface area contributed by atoms with Crippen molar-refractivity contribution in [2.24, 2.45) is 5.92 Å². The topological polar surface area (TPSA) is 69.6 Å². The lowest BCUT2D eigenvalue weighted by Gasteiger charge is -2.24. The van der Waals surface area contributed by atoms with E-state index in [0.717, 1.165) is 6.42 Å². The van der Waals surface area contributed by atoms with Crippen LogP contribution in [0.2, 0.25) is 0 Å². The number of carboxylic acids is 1. The molecule has 0 bridgehead atoms. The summed E-state index contributed by atoms with van der Waals surface area (Å²) in [6.45, 7) is 4.30. The van der Waals surface area contributed by atoms with Crippen molar-refractivity contribution in [2.45, 2.75) is 32.7 Å². The third kappa shape index (κ3) is 4.85. The van der Waals surface area contributed by atoms with E-state index in [9.17, 15) is 9.59 Å². The van der Waals surface area contributed by atoms with Crippen molar-refractivity contribution >= 4 is 23.3 Å². The summed E-state index contributed by atoms with van der Waals surface area (Å²) in [4.78, 5) is 25.9. The van der Waals surface area contributed by atoms with Crippen molar-refractivity contribution in [2.75, 3.05) is 13.6 Å². The number of nitrogens with one attached hydrogen (secondary N) is 1. The molecule has 1 aromatic heterocycles. The van der Waals surface area contributed by atoms with Crippen molar-refractivity contribution in [3.63, 3.8) is 0 Å². The summed E-state index contributed by atoms with van der Waals surface area (Å²) < 4.78 is 0. The molecule has 0 saturated carbocycles. The van der Waals surface area contributed by atoms with Crippen LogP contribution in [0.1, 0.15) is 25.1 Å². The number of thiophene rings is 1. The van der Waals surface area contributed by atoms with Gasteiger partial charge < -0.3 is 15.3 Å². The summed E-state index contributed by atoms with van der Waals surface area (Å²) in [5.41, 5.74) is 0. The van der Waals surface area contributed by atoms with Gasteiger partial charge in [-0.15, -0.1) is 11.3 Å². The Balaban J connectivity index is 2.48. The number of amides is 2. The SMILES string of the molecule is CCC(C)[C@H](NC(=O)N(C)CCc1cccs1)C(=O)O. The molecule has 1 rings (SSSR count). The van der Waals surface area contributed by atoms with E-state index in [2.05, 4.69) is 5.32 Å². The first kappa shape index (κ1) is 16.5. The summed E-state index contributed by atoms with van der Waals surface area (Å²) in [5.74, 6) is -1.08. The van der Waals surface area contributed by atoms with E-state index >= 15 is 0 Å². The van der Waals surface area contributed by atoms with Crippen LogP contribution in [-0.2, 0) is 11.2 Å². The lowest BCUT2D eigenvalue weighted by Crippen LogP contribution is -2.49. The smallest absolute Gasteiger partial charge is 0.326 e. The van der Waals surface area contributed by atoms with Gasteiger partial charge in [0.05, 0.1) is 0 Å². The first-order valence-electron chi connectivity index (χ1n) is 6.72. The number of likely N-dealkylation sites (N-methyl/N-ethyl adjacent to an activating group) is 1. The number of urea groups is 1. The molecule has 0 saturated heterocycles. The Labute approximate surface area is 123 Å². The zero-order valence-electron chi connectivity index (χ0n) is 12.1. The maximum absolute atomic E-state index is 12.0. The highest BCUT2D eigenvalue weighted by molar-refractivity contribution is 7.09. The summed E-state index contributed by atoms with van der Waals surface area (Å²) in [6.07, 6.45) is 1.48. The van der Waals surface area contributed by atoms with Crippen LogP contribution in [-0.4, -0.2) is 41.6 Å². The molecule has 1 heterocycles. The minimum atomic E-state index is -0.987. The summed E-state index contributed by atoms with van der Waals surface area (Å²) in [5, 5.41) is 13.7. The minimum Gasteiger partial charge on any atom is -0.480 e. The molecule has 2 atom stereocenters. The van der Waals surface area contributed by atoms with Gasteiger partial charge in [0.15, 0.2) is 0 Å². The lowest BCUT2D eigenvalue weighted by molar-refractivity contribution is -0.140. The van der Waals surface area contributed by atoms with Gasteiger partial charge in [0.25, 0.3) is 0 Å². The normalized spacial score (nSPS) is 13.6. The number of carbonyl (C=O) groups excluding carboxylic acids is 1. The zero-order valence-corrected chi connectivity index (χ0v) is 12.9. The predicted octanol–water partition coefficient (Wildman–Crippen LogP) is 2.43. The number of nitrogens with zero attached hydrogens (tertiary/aromatic N) is 1. The lowest BCUT2D eigenvalue weighted by atomic mass is 9.99. The minimum absolute atomic E-state index is 0.0952. The van der Waals surface area contributed by atoms with Gasteiger partial charge in [-0.25, -0.2) is 9.59 Å². The second kappa shape index (κ2) is 7.89. The third-order valence-electron chi connectivity index (χ3n) is 3.38. The maximum Gasteiger partial charge on any atom is 0.326 e. The van der Waals surface area contributed by atoms with E-state index in [-0.39, 0.29) is 11.9 Å². The van der Waals surface area contributed by atoms with Crippen molar-refractivity contribution in [1.29, 1.82) is 0 Å². The summed E-state index contributed by atoms with van der Waals surface area (Å²) in [6, 6.07) is 2.82. The highest BCUT2D eigenvalue weighted by Gasteiger charge is 2.26. The molecule has 0 spiro atoms. The van der Waals surface area contributed by atoms with Crippen molar-refractivity contribution < 1.29 is 14.7 Å². The van der Waals surface area contributed by atoms with Gasteiger partial charge in [-0.3, -0.25) is 0 Å². The van der Waals surface area contributed by atoms with E-state index in [0.29, 0.717) is 13.0 Å². The van der Waals surface area contributed by atoms with Crippen LogP contribution in [0.25, 0.3) is 0 Å². The van der Waals surface area contributed by atoms with Crippen molar-refractivity contribution in [3.05, 3.63) is 22.4 Å². The molecule has 2 N–H and O–H groups in total. The fourth-order valence-electron chi connectivity index (χ4n) is 1.76. The van der Waals surface area contributed by atoms with Crippen LogP contribution in [0, 0.1) is 5.92 Å². The summed E-state index contributed by atoms with van der Waals surface area (Å²) >= 11 is 1.65.